The quantitative estimate of drug-likeness (QED) is 0.578. The molecule has 1 heterocycles. The number of urea groups is 1. The SMILES string of the molecule is CC(OC(=O)c1ccc2c(c1)C(=O)N(c1ccc(Cl)cc1)C2=O)C(=O)NC(N)=O. The van der Waals surface area contributed by atoms with Crippen molar-refractivity contribution in [3.63, 3.8) is 0 Å². The number of anilines is 1. The molecule has 5 amide bonds. The number of nitrogens with one attached hydrogen (secondary N) is 1. The third-order valence-electron chi connectivity index (χ3n) is 4.11. The molecule has 1 unspecified atom stereocenters. The van der Waals surface area contributed by atoms with E-state index in [1.54, 1.807) is 17.4 Å². The lowest BCUT2D eigenvalue weighted by molar-refractivity contribution is -0.127. The Hall–Kier alpha value is -3.72. The second-order valence-electron chi connectivity index (χ2n) is 6.08. The van der Waals surface area contributed by atoms with E-state index >= 15 is 0 Å². The summed E-state index contributed by atoms with van der Waals surface area (Å²) in [6.45, 7) is 1.25. The van der Waals surface area contributed by atoms with E-state index in [-0.39, 0.29) is 16.7 Å². The van der Waals surface area contributed by atoms with E-state index in [4.69, 9.17) is 22.1 Å². The van der Waals surface area contributed by atoms with Crippen LogP contribution in [0.2, 0.25) is 5.02 Å². The van der Waals surface area contributed by atoms with Crippen LogP contribution in [0.1, 0.15) is 38.0 Å². The Kier molecular flexibility index (Phi) is 5.33. The maximum absolute atomic E-state index is 12.7. The Bertz CT molecular complexity index is 1050. The molecule has 29 heavy (non-hydrogen) atoms. The number of rotatable bonds is 4. The highest BCUT2D eigenvalue weighted by atomic mass is 35.5. The lowest BCUT2D eigenvalue weighted by Crippen LogP contribution is -2.42. The van der Waals surface area contributed by atoms with Gasteiger partial charge in [-0.05, 0) is 49.4 Å². The first-order valence-corrected chi connectivity index (χ1v) is 8.66. The topological polar surface area (TPSA) is 136 Å². The number of hydrogen-bond acceptors (Lipinski definition) is 6. The highest BCUT2D eigenvalue weighted by molar-refractivity contribution is 6.35. The van der Waals surface area contributed by atoms with Crippen LogP contribution in [0, 0.1) is 0 Å². The molecular formula is C19H14ClN3O6. The van der Waals surface area contributed by atoms with Crippen molar-refractivity contribution in [3.05, 3.63) is 64.2 Å². The van der Waals surface area contributed by atoms with Gasteiger partial charge in [0.25, 0.3) is 17.7 Å². The van der Waals surface area contributed by atoms with Crippen molar-refractivity contribution in [1.82, 2.24) is 5.32 Å². The second-order valence-corrected chi connectivity index (χ2v) is 6.52. The zero-order chi connectivity index (χ0) is 21.3. The van der Waals surface area contributed by atoms with Gasteiger partial charge >= 0.3 is 12.0 Å². The summed E-state index contributed by atoms with van der Waals surface area (Å²) in [7, 11) is 0. The minimum atomic E-state index is -1.30. The van der Waals surface area contributed by atoms with Crippen LogP contribution in [-0.4, -0.2) is 35.8 Å². The smallest absolute Gasteiger partial charge is 0.338 e. The summed E-state index contributed by atoms with van der Waals surface area (Å²) in [6.07, 6.45) is -1.30. The van der Waals surface area contributed by atoms with E-state index < -0.39 is 35.8 Å². The number of amides is 5. The van der Waals surface area contributed by atoms with Gasteiger partial charge in [0.05, 0.1) is 22.4 Å². The average molecular weight is 416 g/mol. The van der Waals surface area contributed by atoms with Crippen LogP contribution < -0.4 is 16.0 Å². The number of halogens is 1. The van der Waals surface area contributed by atoms with Gasteiger partial charge < -0.3 is 10.5 Å². The van der Waals surface area contributed by atoms with Crippen molar-refractivity contribution in [3.8, 4) is 0 Å². The molecule has 0 bridgehead atoms. The largest absolute Gasteiger partial charge is 0.449 e. The Labute approximate surface area is 169 Å². The highest BCUT2D eigenvalue weighted by Gasteiger charge is 2.37. The van der Waals surface area contributed by atoms with Gasteiger partial charge in [-0.25, -0.2) is 14.5 Å². The van der Waals surface area contributed by atoms with Gasteiger partial charge in [-0.3, -0.25) is 19.7 Å². The van der Waals surface area contributed by atoms with E-state index in [9.17, 15) is 24.0 Å². The van der Waals surface area contributed by atoms with E-state index in [2.05, 4.69) is 0 Å². The number of fused-ring (bicyclic) bond motifs is 1. The Morgan fingerprint density at radius 2 is 1.66 bits per heavy atom. The van der Waals surface area contributed by atoms with E-state index in [1.807, 2.05) is 0 Å². The van der Waals surface area contributed by atoms with Crippen LogP contribution in [0.3, 0.4) is 0 Å². The van der Waals surface area contributed by atoms with Crippen LogP contribution in [-0.2, 0) is 9.53 Å². The third-order valence-corrected chi connectivity index (χ3v) is 4.36. The maximum atomic E-state index is 12.7. The molecule has 9 nitrogen and oxygen atoms in total. The van der Waals surface area contributed by atoms with Gasteiger partial charge in [-0.15, -0.1) is 0 Å². The number of nitrogens with two attached hydrogens (primary N) is 1. The zero-order valence-corrected chi connectivity index (χ0v) is 15.7. The first-order chi connectivity index (χ1) is 13.7. The first-order valence-electron chi connectivity index (χ1n) is 8.28. The van der Waals surface area contributed by atoms with E-state index in [0.717, 1.165) is 4.90 Å². The first kappa shape index (κ1) is 20.0. The van der Waals surface area contributed by atoms with Crippen LogP contribution in [0.5, 0.6) is 0 Å². The summed E-state index contributed by atoms with van der Waals surface area (Å²) in [4.78, 5) is 60.9. The van der Waals surface area contributed by atoms with Crippen molar-refractivity contribution < 1.29 is 28.7 Å². The van der Waals surface area contributed by atoms with Gasteiger partial charge in [-0.2, -0.15) is 0 Å². The third kappa shape index (κ3) is 3.94. The molecule has 1 aliphatic heterocycles. The number of carbonyl (C=O) groups is 5. The van der Waals surface area contributed by atoms with E-state index in [1.165, 1.54) is 37.3 Å². The van der Waals surface area contributed by atoms with Crippen LogP contribution in [0.15, 0.2) is 42.5 Å². The van der Waals surface area contributed by atoms with Crippen molar-refractivity contribution in [2.45, 2.75) is 13.0 Å². The Balaban J connectivity index is 1.82. The molecule has 3 N–H and O–H groups in total. The fourth-order valence-corrected chi connectivity index (χ4v) is 2.82. The molecule has 0 aromatic heterocycles. The maximum Gasteiger partial charge on any atom is 0.338 e. The van der Waals surface area contributed by atoms with Crippen LogP contribution in [0.4, 0.5) is 10.5 Å². The summed E-state index contributed by atoms with van der Waals surface area (Å²) in [6, 6.07) is 8.90. The van der Waals surface area contributed by atoms with Gasteiger partial charge in [0.15, 0.2) is 6.10 Å². The summed E-state index contributed by atoms with van der Waals surface area (Å²) >= 11 is 5.83. The summed E-state index contributed by atoms with van der Waals surface area (Å²) < 4.78 is 4.96. The molecule has 0 saturated carbocycles. The number of esters is 1. The molecule has 3 rings (SSSR count). The molecule has 148 valence electrons. The zero-order valence-electron chi connectivity index (χ0n) is 15.0. The number of ether oxygens (including phenoxy) is 1. The molecule has 10 heteroatoms. The molecule has 0 fully saturated rings. The lowest BCUT2D eigenvalue weighted by Gasteiger charge is -2.13. The minimum absolute atomic E-state index is 0.0219. The summed E-state index contributed by atoms with van der Waals surface area (Å²) in [5.41, 5.74) is 5.28. The van der Waals surface area contributed by atoms with Gasteiger partial charge in [-0.1, -0.05) is 11.6 Å². The summed E-state index contributed by atoms with van der Waals surface area (Å²) in [5.74, 6) is -2.96. The van der Waals surface area contributed by atoms with Gasteiger partial charge in [0, 0.05) is 5.02 Å². The highest BCUT2D eigenvalue weighted by Crippen LogP contribution is 2.30. The monoisotopic (exact) mass is 415 g/mol. The minimum Gasteiger partial charge on any atom is -0.449 e. The molecule has 0 radical (unpaired) electrons. The normalized spacial score (nSPS) is 13.7. The van der Waals surface area contributed by atoms with Crippen molar-refractivity contribution in [2.24, 2.45) is 5.73 Å². The number of benzene rings is 2. The number of nitrogens with zero attached hydrogens (tertiary/aromatic N) is 1. The number of primary amides is 1. The van der Waals surface area contributed by atoms with Crippen molar-refractivity contribution in [2.75, 3.05) is 4.90 Å². The summed E-state index contributed by atoms with van der Waals surface area (Å²) in [5, 5.41) is 2.24. The molecule has 0 aliphatic carbocycles. The number of imide groups is 2. The Morgan fingerprint density at radius 3 is 2.28 bits per heavy atom. The molecule has 2 aromatic carbocycles. The van der Waals surface area contributed by atoms with Crippen LogP contribution in [0.25, 0.3) is 0 Å². The standard InChI is InChI=1S/C19H14ClN3O6/c1-9(15(24)22-19(21)28)29-18(27)10-2-7-13-14(8-10)17(26)23(16(13)25)12-5-3-11(20)4-6-12/h2-9H,1H3,(H3,21,22,24,28). The lowest BCUT2D eigenvalue weighted by atomic mass is 10.1. The van der Waals surface area contributed by atoms with Crippen LogP contribution >= 0.6 is 11.6 Å². The molecule has 1 aliphatic rings. The fraction of sp³-hybridized carbons (Fsp3) is 0.105. The van der Waals surface area contributed by atoms with Crippen molar-refractivity contribution >= 4 is 47.0 Å². The molecule has 2 aromatic rings. The second kappa shape index (κ2) is 7.72. The molecular weight excluding hydrogens is 402 g/mol. The fourth-order valence-electron chi connectivity index (χ4n) is 2.70. The predicted octanol–water partition coefficient (Wildman–Crippen LogP) is 1.88. The predicted molar refractivity (Wildman–Crippen MR) is 102 cm³/mol. The average Bonchev–Trinajstić information content (AvgIpc) is 2.92. The molecule has 1 atom stereocenters. The molecule has 0 saturated heterocycles. The van der Waals surface area contributed by atoms with Gasteiger partial charge in [0.1, 0.15) is 0 Å². The number of hydrogen-bond donors (Lipinski definition) is 2. The van der Waals surface area contributed by atoms with E-state index in [0.29, 0.717) is 10.7 Å². The number of carbonyl (C=O) groups excluding carboxylic acids is 5. The Morgan fingerprint density at radius 1 is 1.03 bits per heavy atom. The van der Waals surface area contributed by atoms with Crippen molar-refractivity contribution in [1.29, 1.82) is 0 Å². The molecule has 0 spiro atoms. The van der Waals surface area contributed by atoms with Gasteiger partial charge in [0.2, 0.25) is 0 Å².